The highest BCUT2D eigenvalue weighted by Gasteiger charge is 2.49. The van der Waals surface area contributed by atoms with Crippen molar-refractivity contribution in [2.75, 3.05) is 13.6 Å². The molecule has 3 rings (SSSR count). The molecule has 0 spiro atoms. The van der Waals surface area contributed by atoms with E-state index >= 15 is 0 Å². The Bertz CT molecular complexity index is 741. The van der Waals surface area contributed by atoms with Crippen LogP contribution in [0.25, 0.3) is 11.3 Å². The van der Waals surface area contributed by atoms with Crippen LogP contribution in [0.15, 0.2) is 40.9 Å². The molecule has 2 heterocycles. The number of rotatable bonds is 4. The molecular formula is C18H21N3O3. The smallest absolute Gasteiger partial charge is 0.246 e. The highest BCUT2D eigenvalue weighted by Crippen LogP contribution is 2.34. The molecule has 0 aliphatic carbocycles. The Kier molecular flexibility index (Phi) is 4.38. The van der Waals surface area contributed by atoms with Crippen molar-refractivity contribution in [2.45, 2.75) is 31.7 Å². The van der Waals surface area contributed by atoms with Gasteiger partial charge in [0.05, 0.1) is 0 Å². The van der Waals surface area contributed by atoms with E-state index in [9.17, 15) is 9.59 Å². The standard InChI is InChI=1S/C18H21N3O3/c1-13(22)21-10-6-9-18(21,17(23)19-2)12-15-11-16(20-24-15)14-7-4-3-5-8-14/h3-5,7-8,11H,6,9-10,12H2,1-2H3,(H,19,23)/t18-/m0/s1. The van der Waals surface area contributed by atoms with Crippen molar-refractivity contribution in [2.24, 2.45) is 0 Å². The van der Waals surface area contributed by atoms with Crippen molar-refractivity contribution in [3.05, 3.63) is 42.2 Å². The lowest BCUT2D eigenvalue weighted by Gasteiger charge is -2.35. The van der Waals surface area contributed by atoms with Crippen LogP contribution in [-0.4, -0.2) is 41.0 Å². The minimum absolute atomic E-state index is 0.0982. The SMILES string of the molecule is CNC(=O)[C@@]1(Cc2cc(-c3ccccc3)no2)CCCN1C(C)=O. The van der Waals surface area contributed by atoms with Gasteiger partial charge in [-0.15, -0.1) is 0 Å². The van der Waals surface area contributed by atoms with Crippen LogP contribution < -0.4 is 5.32 Å². The maximum Gasteiger partial charge on any atom is 0.246 e. The summed E-state index contributed by atoms with van der Waals surface area (Å²) in [6, 6.07) is 11.6. The minimum atomic E-state index is -0.895. The van der Waals surface area contributed by atoms with Gasteiger partial charge in [0.15, 0.2) is 0 Å². The van der Waals surface area contributed by atoms with E-state index in [1.54, 1.807) is 11.9 Å². The van der Waals surface area contributed by atoms with Crippen LogP contribution in [0.3, 0.4) is 0 Å². The maximum absolute atomic E-state index is 12.6. The van der Waals surface area contributed by atoms with Gasteiger partial charge in [-0.05, 0) is 12.8 Å². The molecule has 1 aromatic heterocycles. The maximum atomic E-state index is 12.6. The van der Waals surface area contributed by atoms with E-state index in [2.05, 4.69) is 10.5 Å². The Labute approximate surface area is 140 Å². The third-order valence-corrected chi connectivity index (χ3v) is 4.61. The Morgan fingerprint density at radius 2 is 2.08 bits per heavy atom. The van der Waals surface area contributed by atoms with Gasteiger partial charge in [0.25, 0.3) is 0 Å². The Hall–Kier alpha value is -2.63. The molecule has 0 unspecified atom stereocenters. The molecule has 2 amide bonds. The van der Waals surface area contributed by atoms with Gasteiger partial charge in [-0.2, -0.15) is 0 Å². The molecule has 24 heavy (non-hydrogen) atoms. The number of nitrogens with zero attached hydrogens (tertiary/aromatic N) is 2. The summed E-state index contributed by atoms with van der Waals surface area (Å²) in [7, 11) is 1.59. The van der Waals surface area contributed by atoms with Crippen LogP contribution in [0.1, 0.15) is 25.5 Å². The molecule has 1 saturated heterocycles. The zero-order valence-electron chi connectivity index (χ0n) is 13.9. The summed E-state index contributed by atoms with van der Waals surface area (Å²) in [5.74, 6) is 0.345. The number of carbonyl (C=O) groups is 2. The normalized spacial score (nSPS) is 20.2. The molecule has 1 aliphatic rings. The number of hydrogen-bond acceptors (Lipinski definition) is 4. The van der Waals surface area contributed by atoms with Crippen molar-refractivity contribution in [3.8, 4) is 11.3 Å². The molecule has 1 N–H and O–H groups in total. The number of amides is 2. The fraction of sp³-hybridized carbons (Fsp3) is 0.389. The van der Waals surface area contributed by atoms with Crippen molar-refractivity contribution in [3.63, 3.8) is 0 Å². The summed E-state index contributed by atoms with van der Waals surface area (Å²) >= 11 is 0. The molecule has 1 atom stereocenters. The van der Waals surface area contributed by atoms with Crippen LogP contribution in [-0.2, 0) is 16.0 Å². The molecular weight excluding hydrogens is 306 g/mol. The van der Waals surface area contributed by atoms with Gasteiger partial charge in [-0.3, -0.25) is 9.59 Å². The lowest BCUT2D eigenvalue weighted by Crippen LogP contribution is -2.57. The number of aromatic nitrogens is 1. The van der Waals surface area contributed by atoms with E-state index in [-0.39, 0.29) is 11.8 Å². The first-order valence-corrected chi connectivity index (χ1v) is 8.08. The van der Waals surface area contributed by atoms with Gasteiger partial charge in [0.2, 0.25) is 11.8 Å². The Morgan fingerprint density at radius 1 is 1.33 bits per heavy atom. The first kappa shape index (κ1) is 16.2. The molecule has 126 valence electrons. The lowest BCUT2D eigenvalue weighted by molar-refractivity contribution is -0.143. The molecule has 1 aliphatic heterocycles. The van der Waals surface area contributed by atoms with Crippen molar-refractivity contribution >= 4 is 11.8 Å². The highest BCUT2D eigenvalue weighted by molar-refractivity contribution is 5.91. The number of hydrogen-bond donors (Lipinski definition) is 1. The second-order valence-electron chi connectivity index (χ2n) is 6.11. The summed E-state index contributed by atoms with van der Waals surface area (Å²) < 4.78 is 5.46. The summed E-state index contributed by atoms with van der Waals surface area (Å²) in [5, 5.41) is 6.80. The molecule has 0 bridgehead atoms. The van der Waals surface area contributed by atoms with Crippen LogP contribution in [0.2, 0.25) is 0 Å². The van der Waals surface area contributed by atoms with E-state index in [0.29, 0.717) is 25.1 Å². The van der Waals surface area contributed by atoms with Crippen molar-refractivity contribution < 1.29 is 14.1 Å². The van der Waals surface area contributed by atoms with Gasteiger partial charge in [-0.1, -0.05) is 35.5 Å². The largest absolute Gasteiger partial charge is 0.361 e. The molecule has 2 aromatic rings. The summed E-state index contributed by atoms with van der Waals surface area (Å²) in [6.45, 7) is 2.08. The van der Waals surface area contributed by atoms with Gasteiger partial charge < -0.3 is 14.7 Å². The zero-order chi connectivity index (χ0) is 17.2. The van der Waals surface area contributed by atoms with Gasteiger partial charge in [0, 0.05) is 38.6 Å². The number of likely N-dealkylation sites (tertiary alicyclic amines) is 1. The number of benzene rings is 1. The van der Waals surface area contributed by atoms with Crippen LogP contribution in [0, 0.1) is 0 Å². The van der Waals surface area contributed by atoms with Crippen LogP contribution in [0.4, 0.5) is 0 Å². The summed E-state index contributed by atoms with van der Waals surface area (Å²) in [5.41, 5.74) is 0.787. The average Bonchev–Trinajstić information content (AvgIpc) is 3.23. The fourth-order valence-electron chi connectivity index (χ4n) is 3.50. The number of likely N-dealkylation sites (N-methyl/N-ethyl adjacent to an activating group) is 1. The van der Waals surface area contributed by atoms with Gasteiger partial charge >= 0.3 is 0 Å². The molecule has 1 aromatic carbocycles. The van der Waals surface area contributed by atoms with Crippen LogP contribution >= 0.6 is 0 Å². The fourth-order valence-corrected chi connectivity index (χ4v) is 3.50. The molecule has 6 heteroatoms. The van der Waals surface area contributed by atoms with Gasteiger partial charge in [-0.25, -0.2) is 0 Å². The third kappa shape index (κ3) is 2.79. The monoisotopic (exact) mass is 327 g/mol. The summed E-state index contributed by atoms with van der Waals surface area (Å²) in [4.78, 5) is 26.2. The predicted molar refractivity (Wildman–Crippen MR) is 89.1 cm³/mol. The van der Waals surface area contributed by atoms with E-state index in [1.165, 1.54) is 6.92 Å². The average molecular weight is 327 g/mol. The third-order valence-electron chi connectivity index (χ3n) is 4.61. The molecule has 6 nitrogen and oxygen atoms in total. The predicted octanol–water partition coefficient (Wildman–Crippen LogP) is 2.01. The second kappa shape index (κ2) is 6.47. The first-order chi connectivity index (χ1) is 11.6. The van der Waals surface area contributed by atoms with Crippen LogP contribution in [0.5, 0.6) is 0 Å². The molecule has 0 radical (unpaired) electrons. The highest BCUT2D eigenvalue weighted by atomic mass is 16.5. The second-order valence-corrected chi connectivity index (χ2v) is 6.11. The van der Waals surface area contributed by atoms with Gasteiger partial charge in [0.1, 0.15) is 17.0 Å². The minimum Gasteiger partial charge on any atom is -0.361 e. The Balaban J connectivity index is 1.90. The van der Waals surface area contributed by atoms with E-state index in [4.69, 9.17) is 4.52 Å². The van der Waals surface area contributed by atoms with E-state index < -0.39 is 5.54 Å². The van der Waals surface area contributed by atoms with Crippen molar-refractivity contribution in [1.29, 1.82) is 0 Å². The topological polar surface area (TPSA) is 75.4 Å². The summed E-state index contributed by atoms with van der Waals surface area (Å²) in [6.07, 6.45) is 1.74. The van der Waals surface area contributed by atoms with E-state index in [0.717, 1.165) is 17.7 Å². The lowest BCUT2D eigenvalue weighted by atomic mass is 9.89. The number of carbonyl (C=O) groups excluding carboxylic acids is 2. The quantitative estimate of drug-likeness (QED) is 0.932. The molecule has 0 saturated carbocycles. The van der Waals surface area contributed by atoms with E-state index in [1.807, 2.05) is 36.4 Å². The zero-order valence-corrected chi connectivity index (χ0v) is 13.9. The number of nitrogens with one attached hydrogen (secondary N) is 1. The molecule has 1 fully saturated rings. The first-order valence-electron chi connectivity index (χ1n) is 8.08. The van der Waals surface area contributed by atoms with Crippen molar-refractivity contribution in [1.82, 2.24) is 15.4 Å². The Morgan fingerprint density at radius 3 is 2.75 bits per heavy atom.